The highest BCUT2D eigenvalue weighted by Gasteiger charge is 2.35. The second-order valence-electron chi connectivity index (χ2n) is 10.3. The monoisotopic (exact) mass is 478 g/mol. The number of carbonyl (C=O) groups excluding carboxylic acids is 2. The zero-order chi connectivity index (χ0) is 24.9. The number of likely N-dealkylation sites (tertiary alicyclic amines) is 1. The van der Waals surface area contributed by atoms with Gasteiger partial charge >= 0.3 is 0 Å². The Labute approximate surface area is 208 Å². The van der Waals surface area contributed by atoms with Gasteiger partial charge in [0.05, 0.1) is 24.8 Å². The summed E-state index contributed by atoms with van der Waals surface area (Å²) < 4.78 is 0. The molecule has 1 aromatic rings. The maximum atomic E-state index is 12.3. The molecule has 35 heavy (non-hydrogen) atoms. The zero-order valence-electron chi connectivity index (χ0n) is 21.3. The van der Waals surface area contributed by atoms with Crippen LogP contribution in [-0.2, 0) is 9.59 Å². The molecule has 2 aliphatic heterocycles. The van der Waals surface area contributed by atoms with Crippen LogP contribution in [0.2, 0.25) is 0 Å². The van der Waals surface area contributed by atoms with Crippen LogP contribution >= 0.6 is 0 Å². The second kappa shape index (κ2) is 11.3. The summed E-state index contributed by atoms with van der Waals surface area (Å²) in [6.07, 6.45) is 9.39. The van der Waals surface area contributed by atoms with Gasteiger partial charge in [-0.3, -0.25) is 19.6 Å². The summed E-state index contributed by atoms with van der Waals surface area (Å²) in [6.45, 7) is 9.40. The molecule has 8 nitrogen and oxygen atoms in total. The lowest BCUT2D eigenvalue weighted by atomic mass is 9.84. The lowest BCUT2D eigenvalue weighted by Crippen LogP contribution is -2.49. The molecule has 0 saturated carbocycles. The van der Waals surface area contributed by atoms with Crippen LogP contribution in [0.1, 0.15) is 37.9 Å². The Morgan fingerprint density at radius 1 is 1.37 bits per heavy atom. The van der Waals surface area contributed by atoms with Crippen LogP contribution in [0.25, 0.3) is 0 Å². The summed E-state index contributed by atoms with van der Waals surface area (Å²) in [5.74, 6) is 0.503. The quantitative estimate of drug-likeness (QED) is 0.497. The molecule has 0 aromatic carbocycles. The molecule has 1 aromatic heterocycles. The third kappa shape index (κ3) is 6.05. The Bertz CT molecular complexity index is 1030. The number of hydrogen-bond acceptors (Lipinski definition) is 8. The van der Waals surface area contributed by atoms with E-state index in [1.807, 2.05) is 33.0 Å². The van der Waals surface area contributed by atoms with Crippen molar-refractivity contribution in [3.8, 4) is 0 Å². The van der Waals surface area contributed by atoms with Crippen molar-refractivity contribution >= 4 is 17.8 Å². The van der Waals surface area contributed by atoms with Gasteiger partial charge in [0, 0.05) is 54.1 Å². The van der Waals surface area contributed by atoms with Crippen molar-refractivity contribution in [2.45, 2.75) is 45.7 Å². The maximum Gasteiger partial charge on any atom is 0.149 e. The van der Waals surface area contributed by atoms with Gasteiger partial charge < -0.3 is 15.5 Å². The Kier molecular flexibility index (Phi) is 8.13. The van der Waals surface area contributed by atoms with Crippen LogP contribution < -0.4 is 10.7 Å². The number of nitrogens with zero attached hydrogens (tertiary/aromatic N) is 4. The largest absolute Gasteiger partial charge is 0.378 e. The summed E-state index contributed by atoms with van der Waals surface area (Å²) in [6, 6.07) is 4.51. The maximum absolute atomic E-state index is 12.3. The number of nitrogens with one attached hydrogen (secondary N) is 2. The van der Waals surface area contributed by atoms with Crippen molar-refractivity contribution in [3.05, 3.63) is 53.0 Å². The van der Waals surface area contributed by atoms with E-state index in [1.165, 1.54) is 5.57 Å². The highest BCUT2D eigenvalue weighted by Crippen LogP contribution is 2.30. The Morgan fingerprint density at radius 2 is 2.20 bits per heavy atom. The number of ketones is 1. The van der Waals surface area contributed by atoms with E-state index in [9.17, 15) is 9.59 Å². The number of hydrazone groups is 1. The second-order valence-corrected chi connectivity index (χ2v) is 10.3. The lowest BCUT2D eigenvalue weighted by Gasteiger charge is -2.38. The summed E-state index contributed by atoms with van der Waals surface area (Å²) in [4.78, 5) is 32.4. The standard InChI is InChI=1S/C27H38N6O2/c1-18(2)26(35)17-33-10-5-6-22(16-33)32(4)15-21-13-23-25(14-24(21)29-9-11-34)30-31-27(23)20-7-8-28-19(3)12-20/h7-8,11-14,18,22-23,25,29-30H,5-6,9-10,15-17H2,1-4H3/t22-,23?,25?/m1/s1. The number of aromatic nitrogens is 1. The van der Waals surface area contributed by atoms with Gasteiger partial charge in [0.2, 0.25) is 0 Å². The Balaban J connectivity index is 1.50. The van der Waals surface area contributed by atoms with Crippen LogP contribution in [-0.4, -0.2) is 84.4 Å². The van der Waals surface area contributed by atoms with Crippen molar-refractivity contribution in [2.24, 2.45) is 16.9 Å². The highest BCUT2D eigenvalue weighted by molar-refractivity contribution is 6.05. The predicted molar refractivity (Wildman–Crippen MR) is 138 cm³/mol. The average Bonchev–Trinajstić information content (AvgIpc) is 3.25. The predicted octanol–water partition coefficient (Wildman–Crippen LogP) is 1.92. The number of likely N-dealkylation sites (N-methyl/N-ethyl adjacent to an activating group) is 1. The van der Waals surface area contributed by atoms with Crippen molar-refractivity contribution in [2.75, 3.05) is 39.8 Å². The number of hydrogen-bond donors (Lipinski definition) is 2. The molecule has 1 aliphatic carbocycles. The summed E-state index contributed by atoms with van der Waals surface area (Å²) in [7, 11) is 2.16. The van der Waals surface area contributed by atoms with Gasteiger partial charge in [-0.25, -0.2) is 0 Å². The van der Waals surface area contributed by atoms with Gasteiger partial charge in [0.1, 0.15) is 12.1 Å². The van der Waals surface area contributed by atoms with E-state index in [0.29, 0.717) is 18.4 Å². The van der Waals surface area contributed by atoms with Crippen LogP contribution in [0.15, 0.2) is 46.9 Å². The molecule has 0 bridgehead atoms. The van der Waals surface area contributed by atoms with E-state index in [-0.39, 0.29) is 24.4 Å². The van der Waals surface area contributed by atoms with E-state index in [4.69, 9.17) is 0 Å². The number of rotatable bonds is 10. The van der Waals surface area contributed by atoms with Crippen LogP contribution in [0, 0.1) is 18.8 Å². The van der Waals surface area contributed by atoms with Crippen molar-refractivity contribution in [1.82, 2.24) is 25.5 Å². The highest BCUT2D eigenvalue weighted by atomic mass is 16.1. The summed E-state index contributed by atoms with van der Waals surface area (Å²) in [5, 5.41) is 7.96. The van der Waals surface area contributed by atoms with E-state index < -0.39 is 0 Å². The van der Waals surface area contributed by atoms with Crippen molar-refractivity contribution < 1.29 is 9.59 Å². The third-order valence-corrected chi connectivity index (χ3v) is 7.23. The fourth-order valence-corrected chi connectivity index (χ4v) is 5.14. The number of Topliss-reactive ketones (excluding diaryl/α,β-unsaturated/α-hetero) is 1. The fourth-order valence-electron chi connectivity index (χ4n) is 5.14. The van der Waals surface area contributed by atoms with Crippen LogP contribution in [0.3, 0.4) is 0 Å². The first-order chi connectivity index (χ1) is 16.9. The van der Waals surface area contributed by atoms with Gasteiger partial charge in [-0.05, 0) is 57.1 Å². The van der Waals surface area contributed by atoms with Crippen LogP contribution in [0.5, 0.6) is 0 Å². The third-order valence-electron chi connectivity index (χ3n) is 7.23. The summed E-state index contributed by atoms with van der Waals surface area (Å²) in [5.41, 5.74) is 8.50. The van der Waals surface area contributed by atoms with E-state index in [2.05, 4.69) is 55.9 Å². The first-order valence-electron chi connectivity index (χ1n) is 12.7. The molecule has 1 fully saturated rings. The minimum atomic E-state index is 0.0499. The number of aryl methyl sites for hydroxylation is 1. The van der Waals surface area contributed by atoms with Gasteiger partial charge in [0.25, 0.3) is 0 Å². The van der Waals surface area contributed by atoms with Crippen molar-refractivity contribution in [3.63, 3.8) is 0 Å². The summed E-state index contributed by atoms with van der Waals surface area (Å²) >= 11 is 0. The molecule has 0 spiro atoms. The number of carbonyl (C=O) groups is 2. The number of fused-ring (bicyclic) bond motifs is 1. The Morgan fingerprint density at radius 3 is 2.94 bits per heavy atom. The topological polar surface area (TPSA) is 89.9 Å². The number of aldehydes is 1. The minimum Gasteiger partial charge on any atom is -0.378 e. The van der Waals surface area contributed by atoms with E-state index in [1.54, 1.807) is 0 Å². The normalized spacial score (nSPS) is 24.4. The van der Waals surface area contributed by atoms with Gasteiger partial charge in [-0.2, -0.15) is 5.10 Å². The first kappa shape index (κ1) is 25.3. The molecular weight excluding hydrogens is 440 g/mol. The van der Waals surface area contributed by atoms with Gasteiger partial charge in [0.15, 0.2) is 0 Å². The van der Waals surface area contributed by atoms with E-state index in [0.717, 1.165) is 61.4 Å². The molecule has 3 heterocycles. The molecule has 0 radical (unpaired) electrons. The Hall–Kier alpha value is -2.84. The molecule has 188 valence electrons. The molecule has 2 unspecified atom stereocenters. The van der Waals surface area contributed by atoms with E-state index >= 15 is 0 Å². The minimum absolute atomic E-state index is 0.0499. The number of piperidine rings is 1. The zero-order valence-corrected chi connectivity index (χ0v) is 21.3. The van der Waals surface area contributed by atoms with Gasteiger partial charge in [-0.15, -0.1) is 0 Å². The first-order valence-corrected chi connectivity index (χ1v) is 12.7. The molecule has 8 heteroatoms. The molecule has 3 atom stereocenters. The molecule has 3 aliphatic rings. The molecule has 0 amide bonds. The molecule has 2 N–H and O–H groups in total. The molecular formula is C27H38N6O2. The smallest absolute Gasteiger partial charge is 0.149 e. The number of pyridine rings is 1. The fraction of sp³-hybridized carbons (Fsp3) is 0.556. The SMILES string of the molecule is Cc1cc(C2=NNC3C=C(NCC=O)C(CN(C)[C@@H]4CCCN(CC(=O)C(C)C)C4)=CC23)ccn1. The molecule has 1 saturated heterocycles. The van der Waals surface area contributed by atoms with Crippen LogP contribution in [0.4, 0.5) is 0 Å². The van der Waals surface area contributed by atoms with Crippen molar-refractivity contribution in [1.29, 1.82) is 0 Å². The molecule has 4 rings (SSSR count). The van der Waals surface area contributed by atoms with Gasteiger partial charge in [-0.1, -0.05) is 19.9 Å². The lowest BCUT2D eigenvalue weighted by molar-refractivity contribution is -0.123. The average molecular weight is 479 g/mol.